The van der Waals surface area contributed by atoms with Crippen LogP contribution < -0.4 is 0 Å². The van der Waals surface area contributed by atoms with Gasteiger partial charge in [0.25, 0.3) is 0 Å². The van der Waals surface area contributed by atoms with Gasteiger partial charge in [-0.2, -0.15) is 0 Å². The Morgan fingerprint density at radius 1 is 1.16 bits per heavy atom. The number of nitrogens with zero attached hydrogens (tertiary/aromatic N) is 3. The van der Waals surface area contributed by atoms with E-state index in [2.05, 4.69) is 16.0 Å². The molecule has 0 aliphatic heterocycles. The molecule has 0 atom stereocenters. The monoisotopic (exact) mass is 330 g/mol. The molecule has 0 spiro atoms. The zero-order valence-electron chi connectivity index (χ0n) is 14.1. The molecule has 124 valence electrons. The van der Waals surface area contributed by atoms with Crippen LogP contribution in [-0.2, 0) is 0 Å². The number of aromatic amines is 1. The minimum absolute atomic E-state index is 0.0683. The molecule has 4 rings (SSSR count). The fourth-order valence-corrected chi connectivity index (χ4v) is 2.86. The van der Waals surface area contributed by atoms with Crippen LogP contribution >= 0.6 is 0 Å². The van der Waals surface area contributed by atoms with E-state index in [9.17, 15) is 4.79 Å². The van der Waals surface area contributed by atoms with Gasteiger partial charge < -0.3 is 9.55 Å². The van der Waals surface area contributed by atoms with Crippen molar-refractivity contribution in [1.29, 1.82) is 0 Å². The zero-order chi connectivity index (χ0) is 17.4. The first kappa shape index (κ1) is 15.3. The molecule has 0 radical (unpaired) electrons. The van der Waals surface area contributed by atoms with Crippen molar-refractivity contribution in [2.45, 2.75) is 13.8 Å². The third-order valence-corrected chi connectivity index (χ3v) is 4.22. The zero-order valence-corrected chi connectivity index (χ0v) is 14.1. The number of aromatic nitrogens is 4. The fourth-order valence-electron chi connectivity index (χ4n) is 2.86. The fraction of sp³-hybridized carbons (Fsp3) is 0.150. The molecule has 5 nitrogen and oxygen atoms in total. The van der Waals surface area contributed by atoms with Gasteiger partial charge in [0.1, 0.15) is 5.52 Å². The standard InChI is InChI=1S/C20H18N4O/c1-13(2)19(25)16-11-21-20-18(16)23-17(12-22-20)14-6-5-7-15(10-14)24-8-3-4-9-24/h3-13H,1-2H3,(H,21,22). The van der Waals surface area contributed by atoms with Crippen LogP contribution in [0, 0.1) is 5.92 Å². The SMILES string of the molecule is CC(C)C(=O)c1c[nH]c2ncc(-c3cccc(-n4cccc4)c3)nc12. The summed E-state index contributed by atoms with van der Waals surface area (Å²) in [6, 6.07) is 12.1. The van der Waals surface area contributed by atoms with Crippen LogP contribution in [0.15, 0.2) is 61.2 Å². The average Bonchev–Trinajstić information content (AvgIpc) is 3.30. The van der Waals surface area contributed by atoms with E-state index in [1.807, 2.05) is 61.1 Å². The van der Waals surface area contributed by atoms with E-state index in [4.69, 9.17) is 4.98 Å². The average molecular weight is 330 g/mol. The Morgan fingerprint density at radius 2 is 1.96 bits per heavy atom. The number of hydrogen-bond acceptors (Lipinski definition) is 3. The predicted octanol–water partition coefficient (Wildman–Crippen LogP) is 4.25. The van der Waals surface area contributed by atoms with Gasteiger partial charge in [-0.05, 0) is 24.3 Å². The predicted molar refractivity (Wildman–Crippen MR) is 97.8 cm³/mol. The number of nitrogens with one attached hydrogen (secondary N) is 1. The second-order valence-corrected chi connectivity index (χ2v) is 6.31. The normalized spacial score (nSPS) is 11.3. The van der Waals surface area contributed by atoms with Gasteiger partial charge in [-0.25, -0.2) is 9.97 Å². The minimum atomic E-state index is -0.0819. The lowest BCUT2D eigenvalue weighted by Gasteiger charge is -2.07. The molecule has 4 aromatic rings. The first-order valence-corrected chi connectivity index (χ1v) is 8.25. The number of ketones is 1. The van der Waals surface area contributed by atoms with Gasteiger partial charge in [0.15, 0.2) is 11.4 Å². The second kappa shape index (κ2) is 6.02. The van der Waals surface area contributed by atoms with E-state index in [1.165, 1.54) is 0 Å². The maximum Gasteiger partial charge on any atom is 0.169 e. The Balaban J connectivity index is 1.81. The third kappa shape index (κ3) is 2.74. The molecule has 0 unspecified atom stereocenters. The summed E-state index contributed by atoms with van der Waals surface area (Å²) in [4.78, 5) is 24.6. The van der Waals surface area contributed by atoms with Gasteiger partial charge in [-0.15, -0.1) is 0 Å². The first-order valence-electron chi connectivity index (χ1n) is 8.25. The van der Waals surface area contributed by atoms with Crippen molar-refractivity contribution in [3.8, 4) is 16.9 Å². The Bertz CT molecular complexity index is 1040. The highest BCUT2D eigenvalue weighted by atomic mass is 16.1. The van der Waals surface area contributed by atoms with Crippen LogP contribution in [0.25, 0.3) is 28.1 Å². The van der Waals surface area contributed by atoms with Gasteiger partial charge in [0.2, 0.25) is 0 Å². The van der Waals surface area contributed by atoms with Crippen molar-refractivity contribution >= 4 is 16.9 Å². The number of fused-ring (bicyclic) bond motifs is 1. The number of H-pyrrole nitrogens is 1. The molecule has 0 aliphatic rings. The van der Waals surface area contributed by atoms with Crippen LogP contribution in [0.4, 0.5) is 0 Å². The molecule has 1 aromatic carbocycles. The van der Waals surface area contributed by atoms with Crippen LogP contribution in [-0.4, -0.2) is 25.3 Å². The lowest BCUT2D eigenvalue weighted by Crippen LogP contribution is -2.07. The first-order chi connectivity index (χ1) is 12.1. The van der Waals surface area contributed by atoms with Gasteiger partial charge in [-0.1, -0.05) is 26.0 Å². The van der Waals surface area contributed by atoms with Gasteiger partial charge >= 0.3 is 0 Å². The topological polar surface area (TPSA) is 63.6 Å². The number of carbonyl (C=O) groups is 1. The van der Waals surface area contributed by atoms with E-state index >= 15 is 0 Å². The van der Waals surface area contributed by atoms with E-state index in [0.717, 1.165) is 16.9 Å². The van der Waals surface area contributed by atoms with E-state index < -0.39 is 0 Å². The summed E-state index contributed by atoms with van der Waals surface area (Å²) in [6.07, 6.45) is 7.43. The Morgan fingerprint density at radius 3 is 2.72 bits per heavy atom. The Hall–Kier alpha value is -3.21. The lowest BCUT2D eigenvalue weighted by atomic mass is 10.0. The molecule has 5 heteroatoms. The molecule has 0 amide bonds. The molecule has 0 aliphatic carbocycles. The Labute approximate surface area is 145 Å². The summed E-state index contributed by atoms with van der Waals surface area (Å²) in [6.45, 7) is 3.78. The second-order valence-electron chi connectivity index (χ2n) is 6.31. The molecule has 0 fully saturated rings. The molecular weight excluding hydrogens is 312 g/mol. The highest BCUT2D eigenvalue weighted by Crippen LogP contribution is 2.24. The van der Waals surface area contributed by atoms with Crippen molar-refractivity contribution in [1.82, 2.24) is 19.5 Å². The maximum atomic E-state index is 12.4. The minimum Gasteiger partial charge on any atom is -0.344 e. The van der Waals surface area contributed by atoms with Crippen LogP contribution in [0.3, 0.4) is 0 Å². The van der Waals surface area contributed by atoms with Crippen molar-refractivity contribution in [3.05, 3.63) is 66.7 Å². The smallest absolute Gasteiger partial charge is 0.169 e. The molecule has 3 aromatic heterocycles. The summed E-state index contributed by atoms with van der Waals surface area (Å²) in [5.41, 5.74) is 4.62. The highest BCUT2D eigenvalue weighted by Gasteiger charge is 2.17. The van der Waals surface area contributed by atoms with E-state index in [-0.39, 0.29) is 11.7 Å². The quantitative estimate of drug-likeness (QED) is 0.569. The number of Topliss-reactive ketones (excluding diaryl/α,β-unsaturated/α-hetero) is 1. The van der Waals surface area contributed by atoms with Crippen molar-refractivity contribution in [2.75, 3.05) is 0 Å². The molecule has 1 N–H and O–H groups in total. The molecular formula is C20H18N4O. The molecule has 25 heavy (non-hydrogen) atoms. The molecule has 3 heterocycles. The summed E-state index contributed by atoms with van der Waals surface area (Å²) in [5.74, 6) is -0.0136. The van der Waals surface area contributed by atoms with E-state index in [1.54, 1.807) is 12.4 Å². The Kier molecular flexibility index (Phi) is 3.69. The lowest BCUT2D eigenvalue weighted by molar-refractivity contribution is 0.0941. The maximum absolute atomic E-state index is 12.4. The number of hydrogen-bond donors (Lipinski definition) is 1. The van der Waals surface area contributed by atoms with Crippen molar-refractivity contribution in [3.63, 3.8) is 0 Å². The summed E-state index contributed by atoms with van der Waals surface area (Å²) >= 11 is 0. The summed E-state index contributed by atoms with van der Waals surface area (Å²) < 4.78 is 2.04. The number of carbonyl (C=O) groups excluding carboxylic acids is 1. The van der Waals surface area contributed by atoms with Crippen LogP contribution in [0.5, 0.6) is 0 Å². The molecule has 0 bridgehead atoms. The highest BCUT2D eigenvalue weighted by molar-refractivity contribution is 6.06. The van der Waals surface area contributed by atoms with Crippen molar-refractivity contribution < 1.29 is 4.79 Å². The van der Waals surface area contributed by atoms with Crippen molar-refractivity contribution in [2.24, 2.45) is 5.92 Å². The number of benzene rings is 1. The van der Waals surface area contributed by atoms with Gasteiger partial charge in [0, 0.05) is 35.8 Å². The number of rotatable bonds is 4. The van der Waals surface area contributed by atoms with Gasteiger partial charge in [-0.3, -0.25) is 4.79 Å². The van der Waals surface area contributed by atoms with Crippen LogP contribution in [0.2, 0.25) is 0 Å². The van der Waals surface area contributed by atoms with E-state index in [0.29, 0.717) is 16.7 Å². The molecule has 0 saturated heterocycles. The molecule has 0 saturated carbocycles. The summed E-state index contributed by atoms with van der Waals surface area (Å²) in [7, 11) is 0. The van der Waals surface area contributed by atoms with Crippen LogP contribution in [0.1, 0.15) is 24.2 Å². The van der Waals surface area contributed by atoms with Gasteiger partial charge in [0.05, 0.1) is 17.5 Å². The largest absolute Gasteiger partial charge is 0.344 e. The third-order valence-electron chi connectivity index (χ3n) is 4.22. The summed E-state index contributed by atoms with van der Waals surface area (Å²) in [5, 5.41) is 0.